The highest BCUT2D eigenvalue weighted by Crippen LogP contribution is 2.28. The van der Waals surface area contributed by atoms with Gasteiger partial charge in [-0.3, -0.25) is 9.59 Å². The van der Waals surface area contributed by atoms with Crippen LogP contribution in [0.25, 0.3) is 0 Å². The molecule has 1 rings (SSSR count). The molecule has 1 aliphatic carbocycles. The molecule has 1 saturated carbocycles. The summed E-state index contributed by atoms with van der Waals surface area (Å²) >= 11 is 0. The highest BCUT2D eigenvalue weighted by molar-refractivity contribution is 5.77. The maximum absolute atomic E-state index is 11.5. The molecule has 0 aromatic carbocycles. The van der Waals surface area contributed by atoms with E-state index in [2.05, 4.69) is 17.6 Å². The predicted molar refractivity (Wildman–Crippen MR) is 69.3 cm³/mol. The SMILES string of the molecule is CCCNCC(=O)NCC1CCC(C(=O)O)CC1. The molecule has 1 aliphatic rings. The van der Waals surface area contributed by atoms with E-state index < -0.39 is 5.97 Å². The molecular weight excluding hydrogens is 232 g/mol. The number of carboxylic acid groups (broad SMARTS) is 1. The van der Waals surface area contributed by atoms with Crippen LogP contribution in [0.2, 0.25) is 0 Å². The van der Waals surface area contributed by atoms with Crippen LogP contribution in [-0.2, 0) is 9.59 Å². The molecule has 3 N–H and O–H groups in total. The summed E-state index contributed by atoms with van der Waals surface area (Å²) in [6, 6.07) is 0. The number of rotatable bonds is 7. The summed E-state index contributed by atoms with van der Waals surface area (Å²) in [5.74, 6) is -0.385. The van der Waals surface area contributed by atoms with Gasteiger partial charge in [0, 0.05) is 6.54 Å². The first kappa shape index (κ1) is 15.0. The van der Waals surface area contributed by atoms with E-state index >= 15 is 0 Å². The number of hydrogen-bond acceptors (Lipinski definition) is 3. The van der Waals surface area contributed by atoms with Crippen LogP contribution in [-0.4, -0.2) is 36.6 Å². The monoisotopic (exact) mass is 256 g/mol. The highest BCUT2D eigenvalue weighted by atomic mass is 16.4. The normalized spacial score (nSPS) is 23.6. The summed E-state index contributed by atoms with van der Waals surface area (Å²) in [5, 5.41) is 14.8. The first-order valence-electron chi connectivity index (χ1n) is 6.83. The van der Waals surface area contributed by atoms with Gasteiger partial charge >= 0.3 is 5.97 Å². The van der Waals surface area contributed by atoms with Gasteiger partial charge in [-0.25, -0.2) is 0 Å². The van der Waals surface area contributed by atoms with E-state index in [4.69, 9.17) is 5.11 Å². The van der Waals surface area contributed by atoms with Crippen LogP contribution in [0.4, 0.5) is 0 Å². The number of aliphatic carboxylic acids is 1. The fourth-order valence-electron chi connectivity index (χ4n) is 2.31. The van der Waals surface area contributed by atoms with Gasteiger partial charge < -0.3 is 15.7 Å². The standard InChI is InChI=1S/C13H24N2O3/c1-2-7-14-9-12(16)15-8-10-3-5-11(6-4-10)13(17)18/h10-11,14H,2-9H2,1H3,(H,15,16)(H,17,18). The number of amides is 1. The first-order chi connectivity index (χ1) is 8.63. The lowest BCUT2D eigenvalue weighted by Gasteiger charge is -2.26. The summed E-state index contributed by atoms with van der Waals surface area (Å²) in [6.45, 7) is 3.97. The maximum Gasteiger partial charge on any atom is 0.306 e. The average Bonchev–Trinajstić information content (AvgIpc) is 2.37. The molecule has 0 unspecified atom stereocenters. The van der Waals surface area contributed by atoms with Gasteiger partial charge in [-0.2, -0.15) is 0 Å². The van der Waals surface area contributed by atoms with E-state index in [0.29, 0.717) is 19.0 Å². The summed E-state index contributed by atoms with van der Waals surface area (Å²) in [7, 11) is 0. The number of carboxylic acids is 1. The number of carbonyl (C=O) groups excluding carboxylic acids is 1. The van der Waals surface area contributed by atoms with E-state index in [0.717, 1.165) is 38.6 Å². The number of nitrogens with one attached hydrogen (secondary N) is 2. The highest BCUT2D eigenvalue weighted by Gasteiger charge is 2.25. The lowest BCUT2D eigenvalue weighted by molar-refractivity contribution is -0.143. The molecule has 0 aromatic rings. The van der Waals surface area contributed by atoms with Gasteiger partial charge in [-0.05, 0) is 44.6 Å². The first-order valence-corrected chi connectivity index (χ1v) is 6.83. The molecule has 0 aromatic heterocycles. The lowest BCUT2D eigenvalue weighted by Crippen LogP contribution is -2.38. The third-order valence-corrected chi connectivity index (χ3v) is 3.50. The Morgan fingerprint density at radius 2 is 1.89 bits per heavy atom. The fourth-order valence-corrected chi connectivity index (χ4v) is 2.31. The van der Waals surface area contributed by atoms with Crippen molar-refractivity contribution in [2.45, 2.75) is 39.0 Å². The zero-order valence-corrected chi connectivity index (χ0v) is 11.1. The van der Waals surface area contributed by atoms with Crippen molar-refractivity contribution in [3.8, 4) is 0 Å². The summed E-state index contributed by atoms with van der Waals surface area (Å²) in [6.07, 6.45) is 4.31. The Hall–Kier alpha value is -1.10. The van der Waals surface area contributed by atoms with Gasteiger partial charge in [0.25, 0.3) is 0 Å². The molecule has 0 spiro atoms. The zero-order chi connectivity index (χ0) is 13.4. The minimum atomic E-state index is -0.679. The second-order valence-corrected chi connectivity index (χ2v) is 5.04. The topological polar surface area (TPSA) is 78.4 Å². The Morgan fingerprint density at radius 1 is 1.22 bits per heavy atom. The molecule has 0 aliphatic heterocycles. The van der Waals surface area contributed by atoms with Gasteiger partial charge in [0.15, 0.2) is 0 Å². The Balaban J connectivity index is 2.10. The molecule has 0 heterocycles. The zero-order valence-electron chi connectivity index (χ0n) is 11.1. The molecule has 5 nitrogen and oxygen atoms in total. The van der Waals surface area contributed by atoms with Crippen molar-refractivity contribution in [3.63, 3.8) is 0 Å². The van der Waals surface area contributed by atoms with Crippen LogP contribution in [0.5, 0.6) is 0 Å². The number of carbonyl (C=O) groups is 2. The maximum atomic E-state index is 11.5. The molecule has 0 saturated heterocycles. The smallest absolute Gasteiger partial charge is 0.306 e. The van der Waals surface area contributed by atoms with Crippen molar-refractivity contribution >= 4 is 11.9 Å². The minimum absolute atomic E-state index is 0.0313. The molecule has 5 heteroatoms. The van der Waals surface area contributed by atoms with Crippen molar-refractivity contribution in [1.82, 2.24) is 10.6 Å². The van der Waals surface area contributed by atoms with Crippen LogP contribution < -0.4 is 10.6 Å². The quantitative estimate of drug-likeness (QED) is 0.594. The van der Waals surface area contributed by atoms with Crippen molar-refractivity contribution in [2.24, 2.45) is 11.8 Å². The van der Waals surface area contributed by atoms with Crippen LogP contribution >= 0.6 is 0 Å². The van der Waals surface area contributed by atoms with E-state index in [1.54, 1.807) is 0 Å². The minimum Gasteiger partial charge on any atom is -0.481 e. The summed E-state index contributed by atoms with van der Waals surface area (Å²) in [4.78, 5) is 22.3. The molecule has 104 valence electrons. The molecule has 0 bridgehead atoms. The predicted octanol–water partition coefficient (Wildman–Crippen LogP) is 0.993. The Morgan fingerprint density at radius 3 is 2.44 bits per heavy atom. The van der Waals surface area contributed by atoms with Gasteiger partial charge in [0.1, 0.15) is 0 Å². The molecular formula is C13H24N2O3. The lowest BCUT2D eigenvalue weighted by atomic mass is 9.82. The van der Waals surface area contributed by atoms with Gasteiger partial charge in [0.05, 0.1) is 12.5 Å². The fraction of sp³-hybridized carbons (Fsp3) is 0.846. The average molecular weight is 256 g/mol. The summed E-state index contributed by atoms with van der Waals surface area (Å²) in [5.41, 5.74) is 0. The largest absolute Gasteiger partial charge is 0.481 e. The van der Waals surface area contributed by atoms with Crippen LogP contribution in [0, 0.1) is 11.8 Å². The summed E-state index contributed by atoms with van der Waals surface area (Å²) < 4.78 is 0. The van der Waals surface area contributed by atoms with Crippen molar-refractivity contribution in [2.75, 3.05) is 19.6 Å². The van der Waals surface area contributed by atoms with Gasteiger partial charge in [-0.15, -0.1) is 0 Å². The van der Waals surface area contributed by atoms with Crippen LogP contribution in [0.3, 0.4) is 0 Å². The second-order valence-electron chi connectivity index (χ2n) is 5.04. The molecule has 1 amide bonds. The Bertz CT molecular complexity index is 273. The molecule has 1 fully saturated rings. The van der Waals surface area contributed by atoms with Crippen LogP contribution in [0.15, 0.2) is 0 Å². The second kappa shape index (κ2) is 8.08. The third-order valence-electron chi connectivity index (χ3n) is 3.50. The van der Waals surface area contributed by atoms with Gasteiger partial charge in [-0.1, -0.05) is 6.92 Å². The Kier molecular flexibility index (Phi) is 6.72. The van der Waals surface area contributed by atoms with Crippen molar-refractivity contribution < 1.29 is 14.7 Å². The van der Waals surface area contributed by atoms with Crippen molar-refractivity contribution in [3.05, 3.63) is 0 Å². The van der Waals surface area contributed by atoms with E-state index in [9.17, 15) is 9.59 Å². The molecule has 18 heavy (non-hydrogen) atoms. The van der Waals surface area contributed by atoms with Gasteiger partial charge in [0.2, 0.25) is 5.91 Å². The van der Waals surface area contributed by atoms with E-state index in [1.807, 2.05) is 0 Å². The van der Waals surface area contributed by atoms with Crippen molar-refractivity contribution in [1.29, 1.82) is 0 Å². The molecule has 0 radical (unpaired) electrons. The Labute approximate surface area is 108 Å². The number of hydrogen-bond donors (Lipinski definition) is 3. The molecule has 0 atom stereocenters. The van der Waals surface area contributed by atoms with E-state index in [-0.39, 0.29) is 11.8 Å². The van der Waals surface area contributed by atoms with Crippen LogP contribution in [0.1, 0.15) is 39.0 Å². The van der Waals surface area contributed by atoms with E-state index in [1.165, 1.54) is 0 Å². The third kappa shape index (κ3) is 5.49.